The average Bonchev–Trinajstić information content (AvgIpc) is 2.48. The van der Waals surface area contributed by atoms with E-state index in [9.17, 15) is 14.7 Å². The second-order valence-corrected chi connectivity index (χ2v) is 6.00. The van der Waals surface area contributed by atoms with Crippen LogP contribution in [0.5, 0.6) is 0 Å². The zero-order valence-corrected chi connectivity index (χ0v) is 12.5. The second-order valence-electron chi connectivity index (χ2n) is 6.00. The zero-order valence-electron chi connectivity index (χ0n) is 12.5. The molecule has 1 aromatic carbocycles. The van der Waals surface area contributed by atoms with Crippen molar-refractivity contribution < 1.29 is 14.7 Å². The fraction of sp³-hybridized carbons (Fsp3) is 0.500. The topological polar surface area (TPSA) is 78.4 Å². The van der Waals surface area contributed by atoms with Crippen molar-refractivity contribution in [1.29, 1.82) is 0 Å². The van der Waals surface area contributed by atoms with E-state index in [1.54, 1.807) is 38.1 Å². The number of amides is 1. The molecule has 3 N–H and O–H groups in total. The van der Waals surface area contributed by atoms with Gasteiger partial charge in [0, 0.05) is 5.69 Å². The van der Waals surface area contributed by atoms with Crippen molar-refractivity contribution in [2.75, 3.05) is 11.9 Å². The van der Waals surface area contributed by atoms with Crippen LogP contribution in [0, 0.1) is 0 Å². The van der Waals surface area contributed by atoms with Crippen molar-refractivity contribution in [2.45, 2.75) is 44.6 Å². The number of aliphatic carboxylic acids is 1. The van der Waals surface area contributed by atoms with Crippen molar-refractivity contribution in [2.24, 2.45) is 0 Å². The number of nitrogens with one attached hydrogen (secondary N) is 2. The highest BCUT2D eigenvalue weighted by atomic mass is 16.4. The van der Waals surface area contributed by atoms with E-state index in [4.69, 9.17) is 0 Å². The first kappa shape index (κ1) is 15.5. The van der Waals surface area contributed by atoms with Gasteiger partial charge in [0.25, 0.3) is 0 Å². The lowest BCUT2D eigenvalue weighted by molar-refractivity contribution is -0.142. The first-order valence-corrected chi connectivity index (χ1v) is 7.29. The monoisotopic (exact) mass is 290 g/mol. The minimum atomic E-state index is -0.937. The van der Waals surface area contributed by atoms with Crippen molar-refractivity contribution in [3.05, 3.63) is 29.8 Å². The Bertz CT molecular complexity index is 517. The smallest absolute Gasteiger partial charge is 0.313 e. The van der Waals surface area contributed by atoms with Gasteiger partial charge in [-0.2, -0.15) is 0 Å². The minimum absolute atomic E-state index is 0.0278. The van der Waals surface area contributed by atoms with Gasteiger partial charge in [-0.05, 0) is 50.9 Å². The highest BCUT2D eigenvalue weighted by Gasteiger charge is 2.29. The van der Waals surface area contributed by atoms with Crippen LogP contribution in [0.1, 0.15) is 38.7 Å². The number of hydrogen-bond acceptors (Lipinski definition) is 3. The number of piperidine rings is 1. The van der Waals surface area contributed by atoms with E-state index in [1.807, 2.05) is 0 Å². The number of carboxylic acids is 1. The van der Waals surface area contributed by atoms with Crippen molar-refractivity contribution in [1.82, 2.24) is 5.32 Å². The Kier molecular flexibility index (Phi) is 4.63. The summed E-state index contributed by atoms with van der Waals surface area (Å²) in [5, 5.41) is 15.3. The predicted octanol–water partition coefficient (Wildman–Crippen LogP) is 2.13. The lowest BCUT2D eigenvalue weighted by atomic mass is 9.85. The fourth-order valence-electron chi connectivity index (χ4n) is 2.40. The van der Waals surface area contributed by atoms with Crippen LogP contribution < -0.4 is 10.6 Å². The Hall–Kier alpha value is -1.88. The third-order valence-corrected chi connectivity index (χ3v) is 4.04. The summed E-state index contributed by atoms with van der Waals surface area (Å²) >= 11 is 0. The Morgan fingerprint density at radius 1 is 1.24 bits per heavy atom. The zero-order chi connectivity index (χ0) is 15.5. The SMILES string of the molecule is CC(C)(C(=O)O)c1ccc(NC(=O)[C@@H]2CCCCN2)cc1. The van der Waals surface area contributed by atoms with Gasteiger partial charge in [-0.15, -0.1) is 0 Å². The van der Waals surface area contributed by atoms with Crippen molar-refractivity contribution in [3.8, 4) is 0 Å². The summed E-state index contributed by atoms with van der Waals surface area (Å²) in [4.78, 5) is 23.3. The van der Waals surface area contributed by atoms with Crippen LogP contribution in [0.2, 0.25) is 0 Å². The molecule has 0 saturated carbocycles. The lowest BCUT2D eigenvalue weighted by Gasteiger charge is -2.23. The van der Waals surface area contributed by atoms with E-state index in [0.717, 1.165) is 25.8 Å². The Morgan fingerprint density at radius 2 is 1.90 bits per heavy atom. The molecule has 0 unspecified atom stereocenters. The average molecular weight is 290 g/mol. The van der Waals surface area contributed by atoms with Crippen LogP contribution in [0.4, 0.5) is 5.69 Å². The highest BCUT2D eigenvalue weighted by molar-refractivity contribution is 5.95. The van der Waals surface area contributed by atoms with Crippen LogP contribution in [-0.2, 0) is 15.0 Å². The van der Waals surface area contributed by atoms with Gasteiger partial charge >= 0.3 is 5.97 Å². The van der Waals surface area contributed by atoms with E-state index in [2.05, 4.69) is 10.6 Å². The molecule has 0 aliphatic carbocycles. The van der Waals surface area contributed by atoms with Crippen LogP contribution in [-0.4, -0.2) is 29.6 Å². The van der Waals surface area contributed by atoms with E-state index < -0.39 is 11.4 Å². The molecule has 0 bridgehead atoms. The van der Waals surface area contributed by atoms with Gasteiger partial charge in [0.2, 0.25) is 5.91 Å². The molecule has 1 atom stereocenters. The molecule has 0 radical (unpaired) electrons. The summed E-state index contributed by atoms with van der Waals surface area (Å²) in [7, 11) is 0. The van der Waals surface area contributed by atoms with Crippen LogP contribution in [0.3, 0.4) is 0 Å². The van der Waals surface area contributed by atoms with Gasteiger partial charge in [-0.1, -0.05) is 18.6 Å². The molecular formula is C16H22N2O3. The molecule has 5 heteroatoms. The first-order chi connectivity index (χ1) is 9.91. The number of rotatable bonds is 4. The van der Waals surface area contributed by atoms with Gasteiger partial charge in [0.05, 0.1) is 11.5 Å². The van der Waals surface area contributed by atoms with Gasteiger partial charge in [0.1, 0.15) is 0 Å². The first-order valence-electron chi connectivity index (χ1n) is 7.29. The maximum atomic E-state index is 12.1. The largest absolute Gasteiger partial charge is 0.481 e. The summed E-state index contributed by atoms with van der Waals surface area (Å²) in [6.07, 6.45) is 3.04. The van der Waals surface area contributed by atoms with Gasteiger partial charge in [-0.25, -0.2) is 0 Å². The molecule has 1 aromatic rings. The molecule has 21 heavy (non-hydrogen) atoms. The molecule has 0 spiro atoms. The van der Waals surface area contributed by atoms with E-state index in [-0.39, 0.29) is 11.9 Å². The molecule has 1 aliphatic heterocycles. The molecule has 5 nitrogen and oxygen atoms in total. The third kappa shape index (κ3) is 3.61. The number of benzene rings is 1. The highest BCUT2D eigenvalue weighted by Crippen LogP contribution is 2.25. The third-order valence-electron chi connectivity index (χ3n) is 4.04. The van der Waals surface area contributed by atoms with Crippen molar-refractivity contribution in [3.63, 3.8) is 0 Å². The van der Waals surface area contributed by atoms with Crippen LogP contribution in [0.25, 0.3) is 0 Å². The molecule has 1 fully saturated rings. The normalized spacial score (nSPS) is 19.0. The lowest BCUT2D eigenvalue weighted by Crippen LogP contribution is -2.43. The Balaban J connectivity index is 2.02. The molecule has 1 heterocycles. The molecule has 2 rings (SSSR count). The van der Waals surface area contributed by atoms with Crippen LogP contribution in [0.15, 0.2) is 24.3 Å². The molecular weight excluding hydrogens is 268 g/mol. The minimum Gasteiger partial charge on any atom is -0.481 e. The number of carboxylic acid groups (broad SMARTS) is 1. The quantitative estimate of drug-likeness (QED) is 0.794. The number of anilines is 1. The van der Waals surface area contributed by atoms with E-state index >= 15 is 0 Å². The number of carbonyl (C=O) groups is 2. The standard InChI is InChI=1S/C16H22N2O3/c1-16(2,15(20)21)11-6-8-12(9-7-11)18-14(19)13-5-3-4-10-17-13/h6-9,13,17H,3-5,10H2,1-2H3,(H,18,19)(H,20,21)/t13-/m0/s1. The Labute approximate surface area is 124 Å². The molecule has 1 amide bonds. The number of hydrogen-bond donors (Lipinski definition) is 3. The maximum Gasteiger partial charge on any atom is 0.313 e. The summed E-state index contributed by atoms with van der Waals surface area (Å²) in [5.41, 5.74) is 0.467. The maximum absolute atomic E-state index is 12.1. The van der Waals surface area contributed by atoms with E-state index in [1.165, 1.54) is 0 Å². The summed E-state index contributed by atoms with van der Waals surface area (Å²) in [6.45, 7) is 4.20. The molecule has 0 aromatic heterocycles. The van der Waals surface area contributed by atoms with E-state index in [0.29, 0.717) is 11.3 Å². The molecule has 1 aliphatic rings. The van der Waals surface area contributed by atoms with Crippen molar-refractivity contribution >= 4 is 17.6 Å². The van der Waals surface area contributed by atoms with Gasteiger partial charge < -0.3 is 15.7 Å². The summed E-state index contributed by atoms with van der Waals surface area (Å²) in [5.74, 6) is -0.898. The number of carbonyl (C=O) groups excluding carboxylic acids is 1. The van der Waals surface area contributed by atoms with Gasteiger partial charge in [0.15, 0.2) is 0 Å². The molecule has 1 saturated heterocycles. The summed E-state index contributed by atoms with van der Waals surface area (Å²) < 4.78 is 0. The summed E-state index contributed by atoms with van der Waals surface area (Å²) in [6, 6.07) is 6.87. The molecule has 114 valence electrons. The Morgan fingerprint density at radius 3 is 2.43 bits per heavy atom. The van der Waals surface area contributed by atoms with Crippen LogP contribution >= 0.6 is 0 Å². The van der Waals surface area contributed by atoms with Gasteiger partial charge in [-0.3, -0.25) is 9.59 Å². The second kappa shape index (κ2) is 6.26. The predicted molar refractivity (Wildman–Crippen MR) is 81.4 cm³/mol. The fourth-order valence-corrected chi connectivity index (χ4v) is 2.40.